The van der Waals surface area contributed by atoms with Crippen molar-refractivity contribution in [2.75, 3.05) is 0 Å². The van der Waals surface area contributed by atoms with E-state index in [1.807, 2.05) is 6.07 Å². The van der Waals surface area contributed by atoms with Crippen LogP contribution in [-0.2, 0) is 20.9 Å². The van der Waals surface area contributed by atoms with Crippen LogP contribution in [0.4, 0.5) is 4.79 Å². The zero-order chi connectivity index (χ0) is 16.1. The van der Waals surface area contributed by atoms with Gasteiger partial charge in [-0.25, -0.2) is 9.59 Å². The number of hydrogen-bond acceptors (Lipinski definition) is 7. The quantitative estimate of drug-likeness (QED) is 0.494. The smallest absolute Gasteiger partial charge is 0.495 e. The average Bonchev–Trinajstić information content (AvgIpc) is 2.84. The van der Waals surface area contributed by atoms with Gasteiger partial charge in [-0.05, 0) is 5.56 Å². The number of aromatic nitrogens is 1. The zero-order valence-electron chi connectivity index (χ0n) is 11.4. The molecule has 0 aliphatic heterocycles. The molecule has 8 nitrogen and oxygen atoms in total. The zero-order valence-corrected chi connectivity index (χ0v) is 11.4. The van der Waals surface area contributed by atoms with Gasteiger partial charge in [0.2, 0.25) is 0 Å². The van der Waals surface area contributed by atoms with Gasteiger partial charge >= 0.3 is 12.1 Å². The van der Waals surface area contributed by atoms with Crippen molar-refractivity contribution < 1.29 is 29.3 Å². The van der Waals surface area contributed by atoms with Crippen molar-refractivity contribution in [1.29, 1.82) is 0 Å². The van der Waals surface area contributed by atoms with Gasteiger partial charge in [0, 0.05) is 11.6 Å². The van der Waals surface area contributed by atoms with E-state index in [0.717, 1.165) is 11.6 Å². The van der Waals surface area contributed by atoms with Gasteiger partial charge in [-0.3, -0.25) is 4.98 Å². The predicted octanol–water partition coefficient (Wildman–Crippen LogP) is 1.31. The van der Waals surface area contributed by atoms with E-state index in [2.05, 4.69) is 9.72 Å². The summed E-state index contributed by atoms with van der Waals surface area (Å²) in [5.41, 5.74) is 6.16. The number of rotatable bonds is 4. The van der Waals surface area contributed by atoms with Crippen molar-refractivity contribution >= 4 is 12.1 Å². The van der Waals surface area contributed by atoms with E-state index >= 15 is 0 Å². The number of esters is 1. The fourth-order valence-corrected chi connectivity index (χ4v) is 1.70. The number of ether oxygens (including phenoxy) is 2. The van der Waals surface area contributed by atoms with E-state index in [4.69, 9.17) is 15.6 Å². The summed E-state index contributed by atoms with van der Waals surface area (Å²) in [6, 6.07) is 8.43. The normalized spacial score (nSPS) is 11.7. The van der Waals surface area contributed by atoms with Crippen LogP contribution in [0.5, 0.6) is 11.8 Å². The van der Waals surface area contributed by atoms with Gasteiger partial charge in [-0.2, -0.15) is 0 Å². The van der Waals surface area contributed by atoms with Gasteiger partial charge in [0.1, 0.15) is 12.6 Å². The second-order valence-electron chi connectivity index (χ2n) is 4.38. The van der Waals surface area contributed by atoms with Gasteiger partial charge in [-0.15, -0.1) is 0 Å². The first-order valence-corrected chi connectivity index (χ1v) is 6.26. The molecule has 1 aromatic heterocycles. The second kappa shape index (κ2) is 6.64. The lowest BCUT2D eigenvalue weighted by molar-refractivity contribution is -0.141. The van der Waals surface area contributed by atoms with Crippen LogP contribution in [-0.4, -0.2) is 27.3 Å². The van der Waals surface area contributed by atoms with Crippen LogP contribution >= 0.6 is 0 Å². The topological polar surface area (TPSA) is 135 Å². The number of nitrogens with two attached hydrogens (primary N) is 1. The Morgan fingerprint density at radius 2 is 1.91 bits per heavy atom. The van der Waals surface area contributed by atoms with Crippen molar-refractivity contribution in [3.8, 4) is 11.8 Å². The monoisotopic (exact) mass is 306 g/mol. The molecule has 5 N–H and O–H groups in total. The number of hydrogen-bond donors (Lipinski definition) is 4. The van der Waals surface area contributed by atoms with Crippen LogP contribution in [0.1, 0.15) is 17.2 Å². The maximum absolute atomic E-state index is 11.7. The first-order valence-electron chi connectivity index (χ1n) is 6.26. The van der Waals surface area contributed by atoms with Crippen molar-refractivity contribution in [2.45, 2.75) is 12.6 Å². The molecule has 1 unspecified atom stereocenters. The maximum atomic E-state index is 11.7. The Hall–Kier alpha value is -3.00. The highest BCUT2D eigenvalue weighted by Gasteiger charge is 2.25. The second-order valence-corrected chi connectivity index (χ2v) is 4.38. The van der Waals surface area contributed by atoms with Crippen molar-refractivity contribution in [3.63, 3.8) is 0 Å². The van der Waals surface area contributed by atoms with E-state index in [1.165, 1.54) is 0 Å². The van der Waals surface area contributed by atoms with E-state index in [-0.39, 0.29) is 18.1 Å². The van der Waals surface area contributed by atoms with Crippen LogP contribution in [0.15, 0.2) is 36.4 Å². The van der Waals surface area contributed by atoms with Gasteiger partial charge in [-0.1, -0.05) is 30.3 Å². The predicted molar refractivity (Wildman–Crippen MR) is 73.8 cm³/mol. The molecule has 0 amide bonds. The number of aromatic amines is 1. The Labute approximate surface area is 125 Å². The van der Waals surface area contributed by atoms with Crippen LogP contribution < -0.4 is 5.73 Å². The summed E-state index contributed by atoms with van der Waals surface area (Å²) in [4.78, 5) is 25.2. The van der Waals surface area contributed by atoms with Crippen molar-refractivity contribution in [3.05, 3.63) is 47.5 Å². The molecule has 0 aliphatic rings. The molecule has 0 radical (unpaired) electrons. The molecular weight excluding hydrogens is 292 g/mol. The Morgan fingerprint density at radius 1 is 1.23 bits per heavy atom. The first-order chi connectivity index (χ1) is 10.5. The minimum atomic E-state index is -1.44. The highest BCUT2D eigenvalue weighted by Crippen LogP contribution is 2.27. The fourth-order valence-electron chi connectivity index (χ4n) is 1.70. The minimum Gasteiger partial charge on any atom is -0.495 e. The van der Waals surface area contributed by atoms with E-state index < -0.39 is 24.0 Å². The summed E-state index contributed by atoms with van der Waals surface area (Å²) in [6.07, 6.45) is -1.21. The van der Waals surface area contributed by atoms with E-state index in [1.54, 1.807) is 24.3 Å². The van der Waals surface area contributed by atoms with Crippen LogP contribution in [0, 0.1) is 0 Å². The Bertz CT molecular complexity index is 667. The summed E-state index contributed by atoms with van der Waals surface area (Å²) in [5, 5.41) is 18.6. The summed E-state index contributed by atoms with van der Waals surface area (Å²) in [6.45, 7) is -0.0572. The number of benzene rings is 1. The molecule has 0 saturated carbocycles. The summed E-state index contributed by atoms with van der Waals surface area (Å²) < 4.78 is 9.18. The number of aromatic hydroxyl groups is 2. The highest BCUT2D eigenvalue weighted by molar-refractivity contribution is 5.86. The lowest BCUT2D eigenvalue weighted by Gasteiger charge is -2.09. The minimum absolute atomic E-state index is 0.0572. The van der Waals surface area contributed by atoms with Crippen LogP contribution in [0.25, 0.3) is 0 Å². The molecule has 0 saturated heterocycles. The molecule has 0 bridgehead atoms. The highest BCUT2D eigenvalue weighted by atomic mass is 16.7. The molecule has 1 aromatic carbocycles. The molecule has 116 valence electrons. The maximum Gasteiger partial charge on any atom is 0.516 e. The summed E-state index contributed by atoms with van der Waals surface area (Å²) in [7, 11) is 0. The van der Waals surface area contributed by atoms with Crippen molar-refractivity contribution in [2.24, 2.45) is 5.73 Å². The average molecular weight is 306 g/mol. The molecule has 0 spiro atoms. The number of carbonyl (C=O) groups is 2. The van der Waals surface area contributed by atoms with Crippen LogP contribution in [0.2, 0.25) is 0 Å². The first kappa shape index (κ1) is 15.4. The number of nitrogens with one attached hydrogen (secondary N) is 1. The van der Waals surface area contributed by atoms with Gasteiger partial charge < -0.3 is 25.4 Å². The molecule has 1 heterocycles. The summed E-state index contributed by atoms with van der Waals surface area (Å²) >= 11 is 0. The Kier molecular flexibility index (Phi) is 4.64. The lowest BCUT2D eigenvalue weighted by Crippen LogP contribution is -2.26. The molecule has 0 fully saturated rings. The largest absolute Gasteiger partial charge is 0.516 e. The third-order valence-corrected chi connectivity index (χ3v) is 2.78. The van der Waals surface area contributed by atoms with E-state index in [9.17, 15) is 14.7 Å². The third kappa shape index (κ3) is 3.76. The molecular formula is C14H14N2O6. The van der Waals surface area contributed by atoms with Gasteiger partial charge in [0.15, 0.2) is 11.8 Å². The molecule has 22 heavy (non-hydrogen) atoms. The SMILES string of the molecule is NC(C(=O)OC(=O)OCc1ccccc1)c1cc(O)[nH]c1O. The number of carbonyl (C=O) groups excluding carboxylic acids is 2. The third-order valence-electron chi connectivity index (χ3n) is 2.78. The molecule has 2 rings (SSSR count). The van der Waals surface area contributed by atoms with E-state index in [0.29, 0.717) is 0 Å². The van der Waals surface area contributed by atoms with Gasteiger partial charge in [0.05, 0.1) is 0 Å². The Morgan fingerprint density at radius 3 is 2.50 bits per heavy atom. The fraction of sp³-hybridized carbons (Fsp3) is 0.143. The van der Waals surface area contributed by atoms with Crippen LogP contribution in [0.3, 0.4) is 0 Å². The molecule has 2 aromatic rings. The molecule has 1 atom stereocenters. The van der Waals surface area contributed by atoms with Crippen molar-refractivity contribution in [1.82, 2.24) is 4.98 Å². The number of H-pyrrole nitrogens is 1. The molecule has 0 aliphatic carbocycles. The lowest BCUT2D eigenvalue weighted by atomic mass is 10.1. The molecule has 8 heteroatoms. The Balaban J connectivity index is 1.88. The van der Waals surface area contributed by atoms with Gasteiger partial charge in [0.25, 0.3) is 0 Å². The standard InChI is InChI=1S/C14H14N2O6/c15-11(9-6-10(17)16-12(9)18)13(19)22-14(20)21-7-8-4-2-1-3-5-8/h1-6,11,16-18H,7,15H2. The summed E-state index contributed by atoms with van der Waals surface area (Å²) in [5.74, 6) is -1.98.